The molecule has 5 heteroatoms. The third kappa shape index (κ3) is 2.96. The standard InChI is InChI=1S/C16H17Cl2NO2/c1-2-8-20-16-12(18)9-14(16)21-13-6-5-11(17)10-4-3-7-19-15(10)13/h3-7,12,14,16H,2,8-9H2,1H3. The van der Waals surface area contributed by atoms with Crippen LogP contribution < -0.4 is 4.74 Å². The molecule has 0 radical (unpaired) electrons. The van der Waals surface area contributed by atoms with E-state index in [9.17, 15) is 0 Å². The molecule has 0 saturated heterocycles. The number of hydrogen-bond acceptors (Lipinski definition) is 3. The number of hydrogen-bond donors (Lipinski definition) is 0. The van der Waals surface area contributed by atoms with E-state index < -0.39 is 0 Å². The van der Waals surface area contributed by atoms with Gasteiger partial charge in [0, 0.05) is 24.6 Å². The maximum absolute atomic E-state index is 6.21. The lowest BCUT2D eigenvalue weighted by Gasteiger charge is -2.40. The van der Waals surface area contributed by atoms with Crippen LogP contribution >= 0.6 is 23.2 Å². The van der Waals surface area contributed by atoms with Gasteiger partial charge in [-0.1, -0.05) is 18.5 Å². The summed E-state index contributed by atoms with van der Waals surface area (Å²) < 4.78 is 11.8. The molecule has 0 bridgehead atoms. The van der Waals surface area contributed by atoms with Crippen LogP contribution in [0.1, 0.15) is 19.8 Å². The Morgan fingerprint density at radius 3 is 2.95 bits per heavy atom. The molecule has 3 rings (SSSR count). The Labute approximate surface area is 134 Å². The van der Waals surface area contributed by atoms with Gasteiger partial charge >= 0.3 is 0 Å². The van der Waals surface area contributed by atoms with Crippen molar-refractivity contribution in [3.8, 4) is 5.75 Å². The Morgan fingerprint density at radius 1 is 1.33 bits per heavy atom. The molecule has 2 aromatic rings. The Bertz CT molecular complexity index is 635. The summed E-state index contributed by atoms with van der Waals surface area (Å²) in [5, 5.41) is 1.59. The van der Waals surface area contributed by atoms with E-state index in [2.05, 4.69) is 11.9 Å². The zero-order valence-electron chi connectivity index (χ0n) is 11.8. The van der Waals surface area contributed by atoms with Gasteiger partial charge in [-0.15, -0.1) is 11.6 Å². The van der Waals surface area contributed by atoms with Crippen molar-refractivity contribution in [2.75, 3.05) is 6.61 Å². The number of rotatable bonds is 5. The molecule has 3 unspecified atom stereocenters. The summed E-state index contributed by atoms with van der Waals surface area (Å²) in [6.45, 7) is 2.78. The molecule has 1 heterocycles. The molecule has 1 saturated carbocycles. The minimum Gasteiger partial charge on any atom is -0.485 e. The molecular weight excluding hydrogens is 309 g/mol. The van der Waals surface area contributed by atoms with Crippen molar-refractivity contribution in [2.45, 2.75) is 37.4 Å². The predicted molar refractivity (Wildman–Crippen MR) is 85.5 cm³/mol. The number of halogens is 2. The maximum atomic E-state index is 6.21. The lowest BCUT2D eigenvalue weighted by molar-refractivity contribution is -0.0793. The van der Waals surface area contributed by atoms with Gasteiger partial charge in [0.1, 0.15) is 23.5 Å². The van der Waals surface area contributed by atoms with Crippen LogP contribution in [0.3, 0.4) is 0 Å². The van der Waals surface area contributed by atoms with Gasteiger partial charge in [0.15, 0.2) is 0 Å². The molecule has 1 aliphatic rings. The quantitative estimate of drug-likeness (QED) is 0.761. The first-order chi connectivity index (χ1) is 10.2. The molecule has 1 aromatic carbocycles. The molecule has 1 fully saturated rings. The van der Waals surface area contributed by atoms with Crippen molar-refractivity contribution >= 4 is 34.1 Å². The van der Waals surface area contributed by atoms with Gasteiger partial charge in [-0.05, 0) is 30.7 Å². The minimum absolute atomic E-state index is 0.0214. The van der Waals surface area contributed by atoms with Gasteiger partial charge in [-0.25, -0.2) is 0 Å². The zero-order chi connectivity index (χ0) is 14.8. The summed E-state index contributed by atoms with van der Waals surface area (Å²) in [5.74, 6) is 0.730. The largest absolute Gasteiger partial charge is 0.485 e. The molecule has 0 aliphatic heterocycles. The molecule has 1 aromatic heterocycles. The van der Waals surface area contributed by atoms with E-state index in [-0.39, 0.29) is 17.6 Å². The van der Waals surface area contributed by atoms with Crippen LogP contribution in [0.25, 0.3) is 10.9 Å². The number of benzene rings is 1. The van der Waals surface area contributed by atoms with E-state index in [0.717, 1.165) is 29.5 Å². The summed E-state index contributed by atoms with van der Waals surface area (Å²) in [6, 6.07) is 7.49. The van der Waals surface area contributed by atoms with Crippen LogP contribution in [0.2, 0.25) is 5.02 Å². The average molecular weight is 326 g/mol. The third-order valence-corrected chi connectivity index (χ3v) is 4.41. The van der Waals surface area contributed by atoms with Gasteiger partial charge in [-0.3, -0.25) is 4.98 Å². The summed E-state index contributed by atoms with van der Waals surface area (Å²) in [6.07, 6.45) is 3.42. The fourth-order valence-electron chi connectivity index (χ4n) is 2.48. The normalized spacial score (nSPS) is 24.8. The van der Waals surface area contributed by atoms with Crippen LogP contribution in [-0.2, 0) is 4.74 Å². The zero-order valence-corrected chi connectivity index (χ0v) is 13.3. The number of fused-ring (bicyclic) bond motifs is 1. The Morgan fingerprint density at radius 2 is 2.19 bits per heavy atom. The average Bonchev–Trinajstić information content (AvgIpc) is 2.50. The lowest BCUT2D eigenvalue weighted by atomic mass is 9.91. The first-order valence-corrected chi connectivity index (χ1v) is 7.97. The van der Waals surface area contributed by atoms with Crippen molar-refractivity contribution < 1.29 is 9.47 Å². The molecule has 112 valence electrons. The van der Waals surface area contributed by atoms with Crippen molar-refractivity contribution in [1.82, 2.24) is 4.98 Å². The van der Waals surface area contributed by atoms with E-state index in [4.69, 9.17) is 32.7 Å². The second kappa shape index (κ2) is 6.39. The highest BCUT2D eigenvalue weighted by molar-refractivity contribution is 6.35. The first-order valence-electron chi connectivity index (χ1n) is 7.16. The van der Waals surface area contributed by atoms with Crippen LogP contribution in [-0.4, -0.2) is 29.2 Å². The SMILES string of the molecule is CCCOC1C(Cl)CC1Oc1ccc(Cl)c2cccnc12. The van der Waals surface area contributed by atoms with Crippen molar-refractivity contribution in [3.63, 3.8) is 0 Å². The topological polar surface area (TPSA) is 31.4 Å². The van der Waals surface area contributed by atoms with Crippen LogP contribution in [0, 0.1) is 0 Å². The Balaban J connectivity index is 1.81. The van der Waals surface area contributed by atoms with Gasteiger partial charge in [0.05, 0.1) is 10.4 Å². The predicted octanol–water partition coefficient (Wildman–Crippen LogP) is 4.44. The van der Waals surface area contributed by atoms with E-state index in [1.807, 2.05) is 24.3 Å². The molecule has 1 aliphatic carbocycles. The fraction of sp³-hybridized carbons (Fsp3) is 0.438. The second-order valence-corrected chi connectivity index (χ2v) is 6.16. The summed E-state index contributed by atoms with van der Waals surface area (Å²) in [4.78, 5) is 4.38. The highest BCUT2D eigenvalue weighted by Gasteiger charge is 2.43. The highest BCUT2D eigenvalue weighted by atomic mass is 35.5. The van der Waals surface area contributed by atoms with Crippen molar-refractivity contribution in [1.29, 1.82) is 0 Å². The summed E-state index contributed by atoms with van der Waals surface area (Å²) >= 11 is 12.4. The number of ether oxygens (including phenoxy) is 2. The molecule has 21 heavy (non-hydrogen) atoms. The molecule has 0 spiro atoms. The third-order valence-electron chi connectivity index (χ3n) is 3.65. The van der Waals surface area contributed by atoms with Crippen molar-refractivity contribution in [2.24, 2.45) is 0 Å². The molecule has 3 atom stereocenters. The van der Waals surface area contributed by atoms with Crippen LogP contribution in [0.4, 0.5) is 0 Å². The van der Waals surface area contributed by atoms with Crippen LogP contribution in [0.15, 0.2) is 30.5 Å². The van der Waals surface area contributed by atoms with Crippen LogP contribution in [0.5, 0.6) is 5.75 Å². The lowest BCUT2D eigenvalue weighted by Crippen LogP contribution is -2.52. The Hall–Kier alpha value is -1.03. The smallest absolute Gasteiger partial charge is 0.146 e. The number of nitrogens with zero attached hydrogens (tertiary/aromatic N) is 1. The van der Waals surface area contributed by atoms with Crippen molar-refractivity contribution in [3.05, 3.63) is 35.5 Å². The number of aromatic nitrogens is 1. The van der Waals surface area contributed by atoms with Gasteiger partial charge in [-0.2, -0.15) is 0 Å². The molecular formula is C16H17Cl2NO2. The summed E-state index contributed by atoms with van der Waals surface area (Å²) in [7, 11) is 0. The van der Waals surface area contributed by atoms with Gasteiger partial charge < -0.3 is 9.47 Å². The number of pyridine rings is 1. The summed E-state index contributed by atoms with van der Waals surface area (Å²) in [5.41, 5.74) is 0.775. The molecule has 3 nitrogen and oxygen atoms in total. The van der Waals surface area contributed by atoms with E-state index >= 15 is 0 Å². The van der Waals surface area contributed by atoms with E-state index in [1.54, 1.807) is 6.20 Å². The maximum Gasteiger partial charge on any atom is 0.146 e. The molecule has 0 N–H and O–H groups in total. The minimum atomic E-state index is -0.0546. The number of alkyl halides is 1. The second-order valence-electron chi connectivity index (χ2n) is 5.19. The first kappa shape index (κ1) is 14.9. The van der Waals surface area contributed by atoms with E-state index in [1.165, 1.54) is 0 Å². The monoisotopic (exact) mass is 325 g/mol. The van der Waals surface area contributed by atoms with E-state index in [0.29, 0.717) is 11.6 Å². The fourth-order valence-corrected chi connectivity index (χ4v) is 3.10. The highest BCUT2D eigenvalue weighted by Crippen LogP contribution is 2.36. The Kier molecular flexibility index (Phi) is 4.53. The molecule has 0 amide bonds. The van der Waals surface area contributed by atoms with Gasteiger partial charge in [0.25, 0.3) is 0 Å². The van der Waals surface area contributed by atoms with Gasteiger partial charge in [0.2, 0.25) is 0 Å².